The first-order valence-electron chi connectivity index (χ1n) is 3.59. The van der Waals surface area contributed by atoms with E-state index in [0.717, 1.165) is 6.39 Å². The second-order valence-corrected chi connectivity index (χ2v) is 3.78. The van der Waals surface area contributed by atoms with Crippen LogP contribution in [0.15, 0.2) is 27.4 Å². The molecule has 2 aromatic rings. The number of halogens is 3. The number of aromatic nitrogens is 2. The average molecular weight is 277 g/mol. The van der Waals surface area contributed by atoms with Crippen molar-refractivity contribution in [2.24, 2.45) is 0 Å². The maximum absolute atomic E-state index is 13.4. The normalized spacial score (nSPS) is 10.5. The number of nitrogens with zero attached hydrogens (tertiary/aromatic N) is 2. The molecule has 0 atom stereocenters. The molecule has 1 heterocycles. The SMILES string of the molecule is Fc1cc(Cl)cc(Br)c1-c1nnco1. The van der Waals surface area contributed by atoms with Crippen LogP contribution in [0.25, 0.3) is 11.5 Å². The van der Waals surface area contributed by atoms with E-state index in [-0.39, 0.29) is 11.5 Å². The van der Waals surface area contributed by atoms with Gasteiger partial charge in [0.2, 0.25) is 6.39 Å². The summed E-state index contributed by atoms with van der Waals surface area (Å²) >= 11 is 8.81. The summed E-state index contributed by atoms with van der Waals surface area (Å²) in [5.41, 5.74) is 0.215. The van der Waals surface area contributed by atoms with E-state index >= 15 is 0 Å². The summed E-state index contributed by atoms with van der Waals surface area (Å²) in [6.07, 6.45) is 1.13. The van der Waals surface area contributed by atoms with Crippen molar-refractivity contribution in [3.63, 3.8) is 0 Å². The molecule has 1 aromatic carbocycles. The number of rotatable bonds is 1. The lowest BCUT2D eigenvalue weighted by molar-refractivity contribution is 0.557. The molecule has 6 heteroatoms. The third-order valence-corrected chi connectivity index (χ3v) is 2.42. The molecular weight excluding hydrogens is 274 g/mol. The summed E-state index contributed by atoms with van der Waals surface area (Å²) in [5, 5.41) is 7.38. The van der Waals surface area contributed by atoms with Gasteiger partial charge in [-0.05, 0) is 28.1 Å². The molecule has 0 aliphatic carbocycles. The van der Waals surface area contributed by atoms with Gasteiger partial charge in [-0.25, -0.2) is 4.39 Å². The molecule has 0 N–H and O–H groups in total. The fourth-order valence-corrected chi connectivity index (χ4v) is 1.97. The molecule has 0 fully saturated rings. The van der Waals surface area contributed by atoms with Crippen LogP contribution >= 0.6 is 27.5 Å². The van der Waals surface area contributed by atoms with Gasteiger partial charge < -0.3 is 4.42 Å². The van der Waals surface area contributed by atoms with Crippen LogP contribution in [0.5, 0.6) is 0 Å². The molecule has 0 saturated carbocycles. The van der Waals surface area contributed by atoms with E-state index < -0.39 is 5.82 Å². The standard InChI is InChI=1S/C8H3BrClFN2O/c9-5-1-4(10)2-6(11)7(5)8-13-12-3-14-8/h1-3H. The van der Waals surface area contributed by atoms with Crippen molar-refractivity contribution in [2.45, 2.75) is 0 Å². The van der Waals surface area contributed by atoms with E-state index in [0.29, 0.717) is 9.50 Å². The average Bonchev–Trinajstić information content (AvgIpc) is 2.54. The third kappa shape index (κ3) is 1.65. The Bertz CT molecular complexity index is 437. The van der Waals surface area contributed by atoms with E-state index in [1.165, 1.54) is 6.07 Å². The highest BCUT2D eigenvalue weighted by Gasteiger charge is 2.15. The predicted octanol–water partition coefficient (Wildman–Crippen LogP) is 3.29. The van der Waals surface area contributed by atoms with Gasteiger partial charge in [0.25, 0.3) is 5.89 Å². The van der Waals surface area contributed by atoms with Crippen molar-refractivity contribution < 1.29 is 8.81 Å². The van der Waals surface area contributed by atoms with E-state index in [4.69, 9.17) is 16.0 Å². The zero-order valence-corrected chi connectivity index (χ0v) is 9.01. The van der Waals surface area contributed by atoms with E-state index in [1.54, 1.807) is 6.07 Å². The minimum absolute atomic E-state index is 0.117. The Hall–Kier alpha value is -0.940. The summed E-state index contributed by atoms with van der Waals surface area (Å²) in [6.45, 7) is 0. The Morgan fingerprint density at radius 2 is 2.21 bits per heavy atom. The molecule has 0 aliphatic heterocycles. The highest BCUT2D eigenvalue weighted by atomic mass is 79.9. The zero-order valence-electron chi connectivity index (χ0n) is 6.67. The van der Waals surface area contributed by atoms with Crippen LogP contribution in [0.4, 0.5) is 4.39 Å². The summed E-state index contributed by atoms with van der Waals surface area (Å²) in [4.78, 5) is 0. The van der Waals surface area contributed by atoms with Crippen molar-refractivity contribution in [3.8, 4) is 11.5 Å². The molecule has 0 unspecified atom stereocenters. The van der Waals surface area contributed by atoms with Gasteiger partial charge in [0.05, 0.1) is 5.56 Å². The highest BCUT2D eigenvalue weighted by Crippen LogP contribution is 2.31. The van der Waals surface area contributed by atoms with Crippen molar-refractivity contribution in [1.29, 1.82) is 0 Å². The van der Waals surface area contributed by atoms with Crippen molar-refractivity contribution in [3.05, 3.63) is 33.8 Å². The molecule has 0 spiro atoms. The zero-order chi connectivity index (χ0) is 10.1. The van der Waals surface area contributed by atoms with E-state index in [2.05, 4.69) is 26.1 Å². The van der Waals surface area contributed by atoms with Crippen molar-refractivity contribution >= 4 is 27.5 Å². The van der Waals surface area contributed by atoms with Gasteiger partial charge in [-0.3, -0.25) is 0 Å². The van der Waals surface area contributed by atoms with E-state index in [9.17, 15) is 4.39 Å². The molecule has 14 heavy (non-hydrogen) atoms. The molecule has 3 nitrogen and oxygen atoms in total. The minimum Gasteiger partial charge on any atom is -0.423 e. The Kier molecular flexibility index (Phi) is 2.52. The van der Waals surface area contributed by atoms with Crippen LogP contribution in [0, 0.1) is 5.82 Å². The van der Waals surface area contributed by atoms with Gasteiger partial charge in [0.1, 0.15) is 5.82 Å². The van der Waals surface area contributed by atoms with Crippen molar-refractivity contribution in [1.82, 2.24) is 10.2 Å². The molecule has 72 valence electrons. The largest absolute Gasteiger partial charge is 0.423 e. The van der Waals surface area contributed by atoms with E-state index in [1.807, 2.05) is 0 Å². The fourth-order valence-electron chi connectivity index (χ4n) is 1.03. The van der Waals surface area contributed by atoms with Crippen LogP contribution < -0.4 is 0 Å². The first kappa shape index (κ1) is 9.61. The lowest BCUT2D eigenvalue weighted by Gasteiger charge is -2.01. The van der Waals surface area contributed by atoms with Gasteiger partial charge in [-0.15, -0.1) is 10.2 Å². The van der Waals surface area contributed by atoms with Crippen LogP contribution in [-0.2, 0) is 0 Å². The second-order valence-electron chi connectivity index (χ2n) is 2.49. The molecule has 1 aromatic heterocycles. The smallest absolute Gasteiger partial charge is 0.251 e. The van der Waals surface area contributed by atoms with Crippen LogP contribution in [0.2, 0.25) is 5.02 Å². The molecule has 0 radical (unpaired) electrons. The first-order chi connectivity index (χ1) is 6.68. The van der Waals surface area contributed by atoms with Crippen LogP contribution in [0.1, 0.15) is 0 Å². The Morgan fingerprint density at radius 3 is 2.79 bits per heavy atom. The molecule has 0 amide bonds. The summed E-state index contributed by atoms with van der Waals surface area (Å²) in [5.74, 6) is -0.389. The summed E-state index contributed by atoms with van der Waals surface area (Å²) in [7, 11) is 0. The monoisotopic (exact) mass is 276 g/mol. The highest BCUT2D eigenvalue weighted by molar-refractivity contribution is 9.10. The molecular formula is C8H3BrClFN2O. The van der Waals surface area contributed by atoms with Gasteiger partial charge in [0, 0.05) is 9.50 Å². The third-order valence-electron chi connectivity index (χ3n) is 1.58. The quantitative estimate of drug-likeness (QED) is 0.803. The number of benzene rings is 1. The Morgan fingerprint density at radius 1 is 1.43 bits per heavy atom. The Balaban J connectivity index is 2.64. The topological polar surface area (TPSA) is 38.9 Å². The maximum atomic E-state index is 13.4. The Labute approximate surface area is 92.0 Å². The summed E-state index contributed by atoms with van der Waals surface area (Å²) in [6, 6.07) is 2.75. The lowest BCUT2D eigenvalue weighted by atomic mass is 10.2. The van der Waals surface area contributed by atoms with Crippen molar-refractivity contribution in [2.75, 3.05) is 0 Å². The van der Waals surface area contributed by atoms with Crippen LogP contribution in [-0.4, -0.2) is 10.2 Å². The van der Waals surface area contributed by atoms with Gasteiger partial charge in [-0.2, -0.15) is 0 Å². The van der Waals surface area contributed by atoms with Gasteiger partial charge in [0.15, 0.2) is 0 Å². The number of hydrogen-bond acceptors (Lipinski definition) is 3. The molecule has 2 rings (SSSR count). The second kappa shape index (κ2) is 3.67. The maximum Gasteiger partial charge on any atom is 0.251 e. The van der Waals surface area contributed by atoms with Gasteiger partial charge >= 0.3 is 0 Å². The predicted molar refractivity (Wildman–Crippen MR) is 52.4 cm³/mol. The molecule has 0 saturated heterocycles. The first-order valence-corrected chi connectivity index (χ1v) is 4.76. The molecule has 0 bridgehead atoms. The van der Waals surface area contributed by atoms with Crippen LogP contribution in [0.3, 0.4) is 0 Å². The van der Waals surface area contributed by atoms with Gasteiger partial charge in [-0.1, -0.05) is 11.6 Å². The summed E-state index contributed by atoms with van der Waals surface area (Å²) < 4.78 is 18.8. The molecule has 0 aliphatic rings. The lowest BCUT2D eigenvalue weighted by Crippen LogP contribution is -1.87. The minimum atomic E-state index is -0.506. The fraction of sp³-hybridized carbons (Fsp3) is 0. The number of hydrogen-bond donors (Lipinski definition) is 0.